The van der Waals surface area contributed by atoms with Crippen LogP contribution in [-0.4, -0.2) is 38.3 Å². The summed E-state index contributed by atoms with van der Waals surface area (Å²) in [7, 11) is 0. The third-order valence-electron chi connectivity index (χ3n) is 6.04. The number of carbonyl (C=O) groups is 1. The number of hydrogen-bond acceptors (Lipinski definition) is 6. The van der Waals surface area contributed by atoms with E-state index in [2.05, 4.69) is 19.9 Å². The fourth-order valence-electron chi connectivity index (χ4n) is 4.09. The molecule has 4 rings (SSSR count). The molecule has 0 unspecified atom stereocenters. The Morgan fingerprint density at radius 1 is 1.09 bits per heavy atom. The molecule has 1 aromatic carbocycles. The first-order valence-corrected chi connectivity index (χ1v) is 11.8. The highest BCUT2D eigenvalue weighted by Gasteiger charge is 2.19. The Bertz CT molecular complexity index is 1450. The summed E-state index contributed by atoms with van der Waals surface area (Å²) in [5.74, 6) is 0.236. The molecule has 0 N–H and O–H groups in total. The van der Waals surface area contributed by atoms with Crippen LogP contribution >= 0.6 is 0 Å². The number of esters is 1. The van der Waals surface area contributed by atoms with Crippen molar-refractivity contribution in [2.24, 2.45) is 0 Å². The number of pyridine rings is 1. The highest BCUT2D eigenvalue weighted by atomic mass is 16.5. The number of hydrogen-bond donors (Lipinski definition) is 0. The summed E-state index contributed by atoms with van der Waals surface area (Å²) in [6, 6.07) is 11.5. The molecule has 0 spiro atoms. The molecule has 4 aromatic rings. The molecule has 3 heterocycles. The van der Waals surface area contributed by atoms with Gasteiger partial charge in [-0.15, -0.1) is 0 Å². The number of benzene rings is 1. The summed E-state index contributed by atoms with van der Waals surface area (Å²) in [4.78, 5) is 29.8. The number of nitrogens with zero attached hydrogens (tertiary/aromatic N) is 4. The van der Waals surface area contributed by atoms with Crippen molar-refractivity contribution in [3.63, 3.8) is 0 Å². The van der Waals surface area contributed by atoms with Gasteiger partial charge in [0.25, 0.3) is 5.56 Å². The molecule has 0 aliphatic heterocycles. The molecular formula is C27H30N4O4. The van der Waals surface area contributed by atoms with Crippen LogP contribution in [-0.2, 0) is 9.53 Å². The van der Waals surface area contributed by atoms with Crippen molar-refractivity contribution in [3.8, 4) is 22.7 Å². The van der Waals surface area contributed by atoms with E-state index in [0.29, 0.717) is 48.0 Å². The van der Waals surface area contributed by atoms with Gasteiger partial charge in [-0.2, -0.15) is 5.10 Å². The standard InChI is InChI=1S/C27H30N4O4/c1-6-34-24(32)13-9-15-35-23-12-8-14-30-26(23)28-20(5)25(27(30)33)21-16-18(3)31(29-21)22-11-7-10-17(2)19(22)4/h7-8,10-12,14,16H,6,9,13,15H2,1-5H3. The molecule has 182 valence electrons. The fraction of sp³-hybridized carbons (Fsp3) is 0.333. The molecule has 8 nitrogen and oxygen atoms in total. The Balaban J connectivity index is 1.68. The zero-order valence-electron chi connectivity index (χ0n) is 20.8. The van der Waals surface area contributed by atoms with Gasteiger partial charge in [-0.25, -0.2) is 9.67 Å². The normalized spacial score (nSPS) is 11.1. The van der Waals surface area contributed by atoms with E-state index < -0.39 is 0 Å². The summed E-state index contributed by atoms with van der Waals surface area (Å²) in [6.45, 7) is 10.4. The maximum Gasteiger partial charge on any atom is 0.305 e. The van der Waals surface area contributed by atoms with Crippen molar-refractivity contribution >= 4 is 11.6 Å². The topological polar surface area (TPSA) is 87.7 Å². The summed E-state index contributed by atoms with van der Waals surface area (Å²) in [5.41, 5.74) is 6.05. The van der Waals surface area contributed by atoms with Crippen molar-refractivity contribution in [2.75, 3.05) is 13.2 Å². The van der Waals surface area contributed by atoms with Crippen molar-refractivity contribution in [1.29, 1.82) is 0 Å². The molecule has 0 saturated carbocycles. The minimum Gasteiger partial charge on any atom is -0.490 e. The van der Waals surface area contributed by atoms with Crippen molar-refractivity contribution in [2.45, 2.75) is 47.5 Å². The molecule has 0 aliphatic carbocycles. The number of fused-ring (bicyclic) bond motifs is 1. The lowest BCUT2D eigenvalue weighted by molar-refractivity contribution is -0.143. The van der Waals surface area contributed by atoms with Crippen molar-refractivity contribution in [3.05, 3.63) is 75.5 Å². The molecule has 0 bridgehead atoms. The maximum atomic E-state index is 13.5. The van der Waals surface area contributed by atoms with Crippen LogP contribution in [0.15, 0.2) is 47.4 Å². The van der Waals surface area contributed by atoms with Crippen LogP contribution < -0.4 is 10.3 Å². The molecular weight excluding hydrogens is 444 g/mol. The van der Waals surface area contributed by atoms with E-state index in [9.17, 15) is 9.59 Å². The summed E-state index contributed by atoms with van der Waals surface area (Å²) in [6.07, 6.45) is 2.46. The molecule has 35 heavy (non-hydrogen) atoms. The van der Waals surface area contributed by atoms with Gasteiger partial charge in [0, 0.05) is 18.3 Å². The molecule has 0 amide bonds. The van der Waals surface area contributed by atoms with E-state index in [1.54, 1.807) is 32.2 Å². The molecule has 0 aliphatic rings. The number of aromatic nitrogens is 4. The zero-order valence-corrected chi connectivity index (χ0v) is 20.8. The summed E-state index contributed by atoms with van der Waals surface area (Å²) < 4.78 is 14.2. The van der Waals surface area contributed by atoms with E-state index in [0.717, 1.165) is 16.9 Å². The predicted octanol–water partition coefficient (Wildman–Crippen LogP) is 4.50. The lowest BCUT2D eigenvalue weighted by atomic mass is 10.1. The highest BCUT2D eigenvalue weighted by molar-refractivity contribution is 5.69. The lowest BCUT2D eigenvalue weighted by Crippen LogP contribution is -2.20. The van der Waals surface area contributed by atoms with Gasteiger partial charge in [0.2, 0.25) is 0 Å². The first kappa shape index (κ1) is 24.2. The van der Waals surface area contributed by atoms with Crippen molar-refractivity contribution in [1.82, 2.24) is 19.2 Å². The van der Waals surface area contributed by atoms with Gasteiger partial charge in [0.15, 0.2) is 11.4 Å². The Morgan fingerprint density at radius 2 is 1.89 bits per heavy atom. The van der Waals surface area contributed by atoms with E-state index in [-0.39, 0.29) is 17.9 Å². The van der Waals surface area contributed by atoms with E-state index >= 15 is 0 Å². The Kier molecular flexibility index (Phi) is 7.00. The van der Waals surface area contributed by atoms with Crippen LogP contribution in [0.3, 0.4) is 0 Å². The molecule has 8 heteroatoms. The van der Waals surface area contributed by atoms with Gasteiger partial charge in [-0.05, 0) is 76.4 Å². The SMILES string of the molecule is CCOC(=O)CCCOc1cccn2c(=O)c(-c3cc(C)n(-c4cccc(C)c4C)n3)c(C)nc12. The smallest absolute Gasteiger partial charge is 0.305 e. The largest absolute Gasteiger partial charge is 0.490 e. The monoisotopic (exact) mass is 474 g/mol. The van der Waals surface area contributed by atoms with Crippen LogP contribution in [0, 0.1) is 27.7 Å². The molecule has 3 aromatic heterocycles. The van der Waals surface area contributed by atoms with Gasteiger partial charge >= 0.3 is 5.97 Å². The Labute approximate surface area is 204 Å². The average molecular weight is 475 g/mol. The predicted molar refractivity (Wildman–Crippen MR) is 134 cm³/mol. The Morgan fingerprint density at radius 3 is 2.66 bits per heavy atom. The first-order chi connectivity index (χ1) is 16.8. The number of ether oxygens (including phenoxy) is 2. The van der Waals surface area contributed by atoms with Crippen LogP contribution in [0.2, 0.25) is 0 Å². The second kappa shape index (κ2) is 10.1. The second-order valence-electron chi connectivity index (χ2n) is 8.50. The van der Waals surface area contributed by atoms with E-state index in [1.165, 1.54) is 9.96 Å². The minimum absolute atomic E-state index is 0.213. The quantitative estimate of drug-likeness (QED) is 0.276. The lowest BCUT2D eigenvalue weighted by Gasteiger charge is -2.12. The minimum atomic E-state index is -0.251. The van der Waals surface area contributed by atoms with Gasteiger partial charge < -0.3 is 9.47 Å². The average Bonchev–Trinajstić information content (AvgIpc) is 3.19. The fourth-order valence-corrected chi connectivity index (χ4v) is 4.09. The van der Waals surface area contributed by atoms with Crippen molar-refractivity contribution < 1.29 is 14.3 Å². The molecule has 0 fully saturated rings. The third-order valence-corrected chi connectivity index (χ3v) is 6.04. The molecule has 0 radical (unpaired) electrons. The summed E-state index contributed by atoms with van der Waals surface area (Å²) in [5, 5.41) is 4.78. The number of aryl methyl sites for hydroxylation is 3. The maximum absolute atomic E-state index is 13.5. The van der Waals surface area contributed by atoms with Gasteiger partial charge in [-0.1, -0.05) is 12.1 Å². The molecule has 0 atom stereocenters. The van der Waals surface area contributed by atoms with Gasteiger partial charge in [0.05, 0.1) is 30.2 Å². The van der Waals surface area contributed by atoms with Crippen LogP contribution in [0.1, 0.15) is 42.3 Å². The number of carbonyl (C=O) groups excluding carboxylic acids is 1. The van der Waals surface area contributed by atoms with Crippen LogP contribution in [0.5, 0.6) is 5.75 Å². The summed E-state index contributed by atoms with van der Waals surface area (Å²) >= 11 is 0. The van der Waals surface area contributed by atoms with Crippen LogP contribution in [0.4, 0.5) is 0 Å². The molecule has 0 saturated heterocycles. The van der Waals surface area contributed by atoms with E-state index in [1.807, 2.05) is 29.8 Å². The Hall–Kier alpha value is -3.94. The highest BCUT2D eigenvalue weighted by Crippen LogP contribution is 2.25. The zero-order chi connectivity index (χ0) is 25.1. The van der Waals surface area contributed by atoms with E-state index in [4.69, 9.17) is 19.6 Å². The number of rotatable bonds is 8. The third kappa shape index (κ3) is 4.82. The van der Waals surface area contributed by atoms with Gasteiger partial charge in [0.1, 0.15) is 5.69 Å². The first-order valence-electron chi connectivity index (χ1n) is 11.8. The van der Waals surface area contributed by atoms with Crippen LogP contribution in [0.25, 0.3) is 22.6 Å². The second-order valence-corrected chi connectivity index (χ2v) is 8.50. The van der Waals surface area contributed by atoms with Gasteiger partial charge in [-0.3, -0.25) is 14.0 Å².